The molecule has 0 radical (unpaired) electrons. The predicted octanol–water partition coefficient (Wildman–Crippen LogP) is 2.60. The quantitative estimate of drug-likeness (QED) is 0.620. The molecule has 25 heavy (non-hydrogen) atoms. The zero-order chi connectivity index (χ0) is 18.8. The van der Waals surface area contributed by atoms with Crippen molar-refractivity contribution in [2.75, 3.05) is 11.9 Å². The van der Waals surface area contributed by atoms with E-state index in [1.54, 1.807) is 13.8 Å². The number of nitrogens with one attached hydrogen (secondary N) is 3. The molecular formula is C16H18F3N5O. The van der Waals surface area contributed by atoms with Gasteiger partial charge in [0.1, 0.15) is 17.2 Å². The lowest BCUT2D eigenvalue weighted by Crippen LogP contribution is -2.28. The highest BCUT2D eigenvalue weighted by Crippen LogP contribution is 2.30. The third-order valence-corrected chi connectivity index (χ3v) is 3.63. The molecule has 0 fully saturated rings. The van der Waals surface area contributed by atoms with Gasteiger partial charge in [-0.2, -0.15) is 13.2 Å². The van der Waals surface area contributed by atoms with Gasteiger partial charge in [0.05, 0.1) is 11.3 Å². The Morgan fingerprint density at radius 3 is 2.48 bits per heavy atom. The van der Waals surface area contributed by atoms with Crippen LogP contribution in [0.4, 0.5) is 19.0 Å². The third-order valence-electron chi connectivity index (χ3n) is 3.63. The predicted molar refractivity (Wildman–Crippen MR) is 89.0 cm³/mol. The number of aromatic amines is 1. The van der Waals surface area contributed by atoms with E-state index in [0.717, 1.165) is 12.1 Å². The van der Waals surface area contributed by atoms with E-state index in [-0.39, 0.29) is 23.6 Å². The standard InChI is InChI=1S/C16H18F3N5O/c1-8(10-3-5-11(6-4-10)16(17,18)19)22-14-13(12(21)7-20)15(25)24-9(2)23-14/h3-6,8,21H,7,20H2,1-2H3,(H2,22,23,24,25). The van der Waals surface area contributed by atoms with Crippen molar-refractivity contribution in [3.63, 3.8) is 0 Å². The maximum Gasteiger partial charge on any atom is 0.416 e. The minimum absolute atomic E-state index is 0.0202. The highest BCUT2D eigenvalue weighted by Gasteiger charge is 2.30. The molecule has 0 amide bonds. The van der Waals surface area contributed by atoms with E-state index in [0.29, 0.717) is 11.4 Å². The Morgan fingerprint density at radius 2 is 1.96 bits per heavy atom. The Balaban J connectivity index is 2.33. The van der Waals surface area contributed by atoms with Crippen molar-refractivity contribution in [3.05, 3.63) is 57.1 Å². The van der Waals surface area contributed by atoms with E-state index in [9.17, 15) is 18.0 Å². The van der Waals surface area contributed by atoms with E-state index in [4.69, 9.17) is 11.1 Å². The van der Waals surface area contributed by atoms with E-state index >= 15 is 0 Å². The van der Waals surface area contributed by atoms with Crippen molar-refractivity contribution in [1.29, 1.82) is 5.41 Å². The van der Waals surface area contributed by atoms with E-state index in [2.05, 4.69) is 15.3 Å². The first kappa shape index (κ1) is 18.7. The van der Waals surface area contributed by atoms with Gasteiger partial charge in [-0.05, 0) is 31.5 Å². The van der Waals surface area contributed by atoms with Gasteiger partial charge in [0.2, 0.25) is 0 Å². The lowest BCUT2D eigenvalue weighted by atomic mass is 10.1. The molecule has 9 heteroatoms. The Kier molecular flexibility index (Phi) is 5.27. The third kappa shape index (κ3) is 4.24. The van der Waals surface area contributed by atoms with Gasteiger partial charge in [-0.25, -0.2) is 4.98 Å². The van der Waals surface area contributed by atoms with Gasteiger partial charge < -0.3 is 21.4 Å². The summed E-state index contributed by atoms with van der Waals surface area (Å²) in [5, 5.41) is 10.8. The van der Waals surface area contributed by atoms with Crippen LogP contribution in [0.2, 0.25) is 0 Å². The topological polar surface area (TPSA) is 108 Å². The Morgan fingerprint density at radius 1 is 1.36 bits per heavy atom. The first-order valence-electron chi connectivity index (χ1n) is 7.46. The minimum atomic E-state index is -4.40. The summed E-state index contributed by atoms with van der Waals surface area (Å²) in [4.78, 5) is 18.8. The number of nitrogens with two attached hydrogens (primary N) is 1. The SMILES string of the molecule is Cc1nc(NC(C)c2ccc(C(F)(F)F)cc2)c(C(=N)CN)c(=O)[nH]1. The molecule has 1 unspecified atom stereocenters. The average Bonchev–Trinajstić information content (AvgIpc) is 2.53. The monoisotopic (exact) mass is 353 g/mol. The van der Waals surface area contributed by atoms with Gasteiger partial charge in [-0.15, -0.1) is 0 Å². The zero-order valence-corrected chi connectivity index (χ0v) is 13.7. The van der Waals surface area contributed by atoms with Crippen LogP contribution in [0.15, 0.2) is 29.1 Å². The summed E-state index contributed by atoms with van der Waals surface area (Å²) in [5.41, 5.74) is 4.72. The van der Waals surface area contributed by atoms with Crippen LogP contribution in [0.25, 0.3) is 0 Å². The number of anilines is 1. The highest BCUT2D eigenvalue weighted by atomic mass is 19.4. The number of rotatable bonds is 5. The molecule has 1 atom stereocenters. The molecule has 5 N–H and O–H groups in total. The molecule has 1 aromatic heterocycles. The smallest absolute Gasteiger partial charge is 0.363 e. The van der Waals surface area contributed by atoms with Crippen molar-refractivity contribution >= 4 is 11.5 Å². The number of hydrogen-bond donors (Lipinski definition) is 4. The summed E-state index contributed by atoms with van der Waals surface area (Å²) in [6.45, 7) is 3.17. The van der Waals surface area contributed by atoms with Gasteiger partial charge in [-0.3, -0.25) is 4.79 Å². The number of alkyl halides is 3. The van der Waals surface area contributed by atoms with E-state index in [1.165, 1.54) is 12.1 Å². The van der Waals surface area contributed by atoms with Gasteiger partial charge >= 0.3 is 6.18 Å². The van der Waals surface area contributed by atoms with Crippen molar-refractivity contribution in [1.82, 2.24) is 9.97 Å². The molecule has 0 aliphatic carbocycles. The van der Waals surface area contributed by atoms with Gasteiger partial charge in [0.25, 0.3) is 5.56 Å². The summed E-state index contributed by atoms with van der Waals surface area (Å²) < 4.78 is 37.9. The second-order valence-corrected chi connectivity index (χ2v) is 5.54. The fourth-order valence-electron chi connectivity index (χ4n) is 2.32. The van der Waals surface area contributed by atoms with Crippen LogP contribution >= 0.6 is 0 Å². The summed E-state index contributed by atoms with van der Waals surface area (Å²) in [5.74, 6) is 0.518. The van der Waals surface area contributed by atoms with Crippen LogP contribution in [0.3, 0.4) is 0 Å². The Labute approximate surface area is 141 Å². The van der Waals surface area contributed by atoms with Crippen LogP contribution in [0, 0.1) is 12.3 Å². The van der Waals surface area contributed by atoms with Gasteiger partial charge in [0.15, 0.2) is 0 Å². The molecule has 1 aromatic carbocycles. The maximum atomic E-state index is 12.6. The number of halogens is 3. The lowest BCUT2D eigenvalue weighted by Gasteiger charge is -2.18. The first-order chi connectivity index (χ1) is 11.6. The number of benzene rings is 1. The number of nitrogens with zero attached hydrogens (tertiary/aromatic N) is 1. The molecular weight excluding hydrogens is 335 g/mol. The molecule has 0 saturated carbocycles. The van der Waals surface area contributed by atoms with Crippen LogP contribution < -0.4 is 16.6 Å². The normalized spacial score (nSPS) is 12.7. The Bertz CT molecular complexity index is 827. The maximum absolute atomic E-state index is 12.6. The molecule has 1 heterocycles. The van der Waals surface area contributed by atoms with Gasteiger partial charge in [-0.1, -0.05) is 12.1 Å². The van der Waals surface area contributed by atoms with Crippen molar-refractivity contribution in [3.8, 4) is 0 Å². The summed E-state index contributed by atoms with van der Waals surface area (Å²) in [6, 6.07) is 4.27. The molecule has 0 bridgehead atoms. The van der Waals surface area contributed by atoms with Gasteiger partial charge in [0, 0.05) is 12.6 Å². The second-order valence-electron chi connectivity index (χ2n) is 5.54. The first-order valence-corrected chi connectivity index (χ1v) is 7.46. The molecule has 2 aromatic rings. The average molecular weight is 353 g/mol. The molecule has 2 rings (SSSR count). The van der Waals surface area contributed by atoms with Crippen molar-refractivity contribution in [2.45, 2.75) is 26.1 Å². The molecule has 6 nitrogen and oxygen atoms in total. The largest absolute Gasteiger partial charge is 0.416 e. The Hall–Kier alpha value is -2.68. The van der Waals surface area contributed by atoms with E-state index in [1.807, 2.05) is 0 Å². The van der Waals surface area contributed by atoms with Crippen LogP contribution in [-0.2, 0) is 6.18 Å². The van der Waals surface area contributed by atoms with Crippen molar-refractivity contribution < 1.29 is 13.2 Å². The number of aryl methyl sites for hydroxylation is 1. The molecule has 0 spiro atoms. The summed E-state index contributed by atoms with van der Waals surface area (Å²) >= 11 is 0. The number of hydrogen-bond acceptors (Lipinski definition) is 5. The fraction of sp³-hybridized carbons (Fsp3) is 0.312. The van der Waals surface area contributed by atoms with Crippen LogP contribution in [-0.4, -0.2) is 22.2 Å². The molecule has 0 aliphatic heterocycles. The summed E-state index contributed by atoms with van der Waals surface area (Å²) in [7, 11) is 0. The number of aromatic nitrogens is 2. The molecule has 134 valence electrons. The second kappa shape index (κ2) is 7.06. The highest BCUT2D eigenvalue weighted by molar-refractivity contribution is 6.03. The molecule has 0 saturated heterocycles. The van der Waals surface area contributed by atoms with Crippen LogP contribution in [0.1, 0.15) is 35.5 Å². The minimum Gasteiger partial charge on any atom is -0.363 e. The summed E-state index contributed by atoms with van der Waals surface area (Å²) in [6.07, 6.45) is -4.40. The van der Waals surface area contributed by atoms with Crippen molar-refractivity contribution in [2.24, 2.45) is 5.73 Å². The van der Waals surface area contributed by atoms with E-state index < -0.39 is 23.3 Å². The number of H-pyrrole nitrogens is 1. The zero-order valence-electron chi connectivity index (χ0n) is 13.7. The van der Waals surface area contributed by atoms with Crippen LogP contribution in [0.5, 0.6) is 0 Å². The lowest BCUT2D eigenvalue weighted by molar-refractivity contribution is -0.137. The molecule has 0 aliphatic rings. The fourth-order valence-corrected chi connectivity index (χ4v) is 2.32.